The molecule has 0 spiro atoms. The van der Waals surface area contributed by atoms with E-state index >= 15 is 0 Å². The Labute approximate surface area is 66.9 Å². The molecule has 2 rings (SSSR count). The van der Waals surface area contributed by atoms with Gasteiger partial charge in [-0.15, -0.1) is 0 Å². The van der Waals surface area contributed by atoms with Crippen molar-refractivity contribution in [3.8, 4) is 0 Å². The maximum absolute atomic E-state index is 10.4. The Morgan fingerprint density at radius 1 is 1.27 bits per heavy atom. The van der Waals surface area contributed by atoms with Gasteiger partial charge in [0.25, 0.3) is 0 Å². The summed E-state index contributed by atoms with van der Waals surface area (Å²) in [5, 5.41) is 0. The normalized spacial score (nSPS) is 43.5. The van der Waals surface area contributed by atoms with Crippen molar-refractivity contribution in [1.29, 1.82) is 0 Å². The van der Waals surface area contributed by atoms with Crippen LogP contribution in [0.25, 0.3) is 0 Å². The Kier molecular flexibility index (Phi) is 1.95. The zero-order valence-electron chi connectivity index (χ0n) is 6.66. The summed E-state index contributed by atoms with van der Waals surface area (Å²) in [6.45, 7) is 0. The van der Waals surface area contributed by atoms with Gasteiger partial charge in [0.15, 0.2) is 0 Å². The van der Waals surface area contributed by atoms with Crippen LogP contribution in [0.5, 0.6) is 0 Å². The number of carbonyl (C=O) groups excluding carboxylic acids is 1. The second kappa shape index (κ2) is 2.94. The van der Waals surface area contributed by atoms with Crippen LogP contribution in [0.4, 0.5) is 0 Å². The van der Waals surface area contributed by atoms with E-state index in [9.17, 15) is 4.79 Å². The summed E-state index contributed by atoms with van der Waals surface area (Å²) in [6.07, 6.45) is 7.33. The molecule has 1 heterocycles. The molecule has 0 aromatic rings. The van der Waals surface area contributed by atoms with Crippen LogP contribution in [0.1, 0.15) is 32.1 Å². The third kappa shape index (κ3) is 1.32. The van der Waals surface area contributed by atoms with E-state index < -0.39 is 0 Å². The predicted molar refractivity (Wildman–Crippen MR) is 41.3 cm³/mol. The van der Waals surface area contributed by atoms with E-state index in [1.807, 2.05) is 0 Å². The first-order chi connectivity index (χ1) is 5.40. The van der Waals surface area contributed by atoms with E-state index in [0.29, 0.717) is 12.0 Å². The van der Waals surface area contributed by atoms with Gasteiger partial charge in [0.05, 0.1) is 6.10 Å². The van der Waals surface area contributed by atoms with Crippen LogP contribution in [-0.2, 0) is 9.53 Å². The molecule has 1 saturated carbocycles. The quantitative estimate of drug-likeness (QED) is 0.535. The molecule has 1 aliphatic carbocycles. The molecule has 2 fully saturated rings. The van der Waals surface area contributed by atoms with E-state index in [0.717, 1.165) is 12.7 Å². The Morgan fingerprint density at radius 3 is 2.82 bits per heavy atom. The molecule has 62 valence electrons. The first-order valence-electron chi connectivity index (χ1n) is 4.51. The van der Waals surface area contributed by atoms with Crippen molar-refractivity contribution in [2.24, 2.45) is 5.92 Å². The van der Waals surface area contributed by atoms with Gasteiger partial charge in [-0.3, -0.25) is 0 Å². The molecule has 1 saturated heterocycles. The minimum absolute atomic E-state index is 0.0805. The lowest BCUT2D eigenvalue weighted by Crippen LogP contribution is -2.20. The van der Waals surface area contributed by atoms with Crippen molar-refractivity contribution in [2.75, 3.05) is 0 Å². The van der Waals surface area contributed by atoms with Crippen LogP contribution in [0.2, 0.25) is 0 Å². The van der Waals surface area contributed by atoms with Crippen molar-refractivity contribution in [2.45, 2.75) is 44.3 Å². The second-order valence-electron chi connectivity index (χ2n) is 3.63. The molecule has 2 aliphatic rings. The zero-order valence-corrected chi connectivity index (χ0v) is 6.66. The summed E-state index contributed by atoms with van der Waals surface area (Å²) >= 11 is 0. The lowest BCUT2D eigenvalue weighted by atomic mass is 9.86. The number of hydrogen-bond donors (Lipinski definition) is 0. The second-order valence-corrected chi connectivity index (χ2v) is 3.63. The lowest BCUT2D eigenvalue weighted by Gasteiger charge is -2.22. The molecular formula is C9H14O2. The number of aldehydes is 1. The van der Waals surface area contributed by atoms with Gasteiger partial charge in [0.1, 0.15) is 12.4 Å². The Bertz CT molecular complexity index is 142. The maximum atomic E-state index is 10.4. The standard InChI is InChI=1S/C9H14O2/c10-6-8-5-7-3-1-2-4-9(7)11-8/h6-9H,1-5H2. The first kappa shape index (κ1) is 7.29. The van der Waals surface area contributed by atoms with Gasteiger partial charge < -0.3 is 9.53 Å². The fourth-order valence-electron chi connectivity index (χ4n) is 2.29. The molecule has 2 nitrogen and oxygen atoms in total. The number of ether oxygens (including phenoxy) is 1. The van der Waals surface area contributed by atoms with Crippen molar-refractivity contribution in [1.82, 2.24) is 0 Å². The molecule has 0 N–H and O–H groups in total. The number of fused-ring (bicyclic) bond motifs is 1. The highest BCUT2D eigenvalue weighted by Crippen LogP contribution is 2.36. The van der Waals surface area contributed by atoms with Gasteiger partial charge >= 0.3 is 0 Å². The third-order valence-corrected chi connectivity index (χ3v) is 2.88. The summed E-state index contributed by atoms with van der Waals surface area (Å²) < 4.78 is 5.55. The highest BCUT2D eigenvalue weighted by atomic mass is 16.5. The smallest absolute Gasteiger partial charge is 0.148 e. The van der Waals surface area contributed by atoms with Gasteiger partial charge in [-0.2, -0.15) is 0 Å². The minimum Gasteiger partial charge on any atom is -0.367 e. The molecule has 0 radical (unpaired) electrons. The highest BCUT2D eigenvalue weighted by molar-refractivity contribution is 5.56. The zero-order chi connectivity index (χ0) is 7.68. The van der Waals surface area contributed by atoms with Crippen molar-refractivity contribution in [3.63, 3.8) is 0 Å². The molecule has 0 amide bonds. The van der Waals surface area contributed by atoms with Crippen LogP contribution in [-0.4, -0.2) is 18.5 Å². The third-order valence-electron chi connectivity index (χ3n) is 2.88. The predicted octanol–water partition coefficient (Wildman–Crippen LogP) is 1.53. The molecule has 0 aromatic carbocycles. The Hall–Kier alpha value is -0.370. The van der Waals surface area contributed by atoms with Gasteiger partial charge in [0.2, 0.25) is 0 Å². The van der Waals surface area contributed by atoms with Gasteiger partial charge in [-0.25, -0.2) is 0 Å². The van der Waals surface area contributed by atoms with Gasteiger partial charge in [0, 0.05) is 0 Å². The molecule has 0 aromatic heterocycles. The van der Waals surface area contributed by atoms with Crippen molar-refractivity contribution >= 4 is 6.29 Å². The van der Waals surface area contributed by atoms with Crippen molar-refractivity contribution in [3.05, 3.63) is 0 Å². The summed E-state index contributed by atoms with van der Waals surface area (Å²) in [4.78, 5) is 10.4. The molecule has 2 heteroatoms. The summed E-state index contributed by atoms with van der Waals surface area (Å²) in [7, 11) is 0. The molecule has 0 bridgehead atoms. The van der Waals surface area contributed by atoms with Crippen molar-refractivity contribution < 1.29 is 9.53 Å². The van der Waals surface area contributed by atoms with Crippen LogP contribution >= 0.6 is 0 Å². The van der Waals surface area contributed by atoms with E-state index in [2.05, 4.69) is 0 Å². The van der Waals surface area contributed by atoms with E-state index in [1.165, 1.54) is 25.7 Å². The number of carbonyl (C=O) groups is 1. The monoisotopic (exact) mass is 154 g/mol. The Balaban J connectivity index is 1.97. The SMILES string of the molecule is O=CC1CC2CCCCC2O1. The highest BCUT2D eigenvalue weighted by Gasteiger charge is 2.35. The number of rotatable bonds is 1. The average Bonchev–Trinajstić information content (AvgIpc) is 2.46. The summed E-state index contributed by atoms with van der Waals surface area (Å²) in [5.41, 5.74) is 0. The maximum Gasteiger partial charge on any atom is 0.148 e. The average molecular weight is 154 g/mol. The van der Waals surface area contributed by atoms with E-state index in [1.54, 1.807) is 0 Å². The molecule has 11 heavy (non-hydrogen) atoms. The van der Waals surface area contributed by atoms with Crippen LogP contribution in [0.3, 0.4) is 0 Å². The molecule has 3 unspecified atom stereocenters. The number of hydrogen-bond acceptors (Lipinski definition) is 2. The minimum atomic E-state index is -0.0805. The summed E-state index contributed by atoms with van der Waals surface area (Å²) in [6, 6.07) is 0. The first-order valence-corrected chi connectivity index (χ1v) is 4.51. The topological polar surface area (TPSA) is 26.3 Å². The molecule has 3 atom stereocenters. The molecular weight excluding hydrogens is 140 g/mol. The summed E-state index contributed by atoms with van der Waals surface area (Å²) in [5.74, 6) is 0.693. The van der Waals surface area contributed by atoms with Crippen LogP contribution in [0.15, 0.2) is 0 Å². The lowest BCUT2D eigenvalue weighted by molar-refractivity contribution is -0.117. The Morgan fingerprint density at radius 2 is 2.09 bits per heavy atom. The van der Waals surface area contributed by atoms with Gasteiger partial charge in [-0.05, 0) is 25.2 Å². The van der Waals surface area contributed by atoms with Gasteiger partial charge in [-0.1, -0.05) is 12.8 Å². The fraction of sp³-hybridized carbons (Fsp3) is 0.889. The van der Waals surface area contributed by atoms with Crippen LogP contribution < -0.4 is 0 Å². The largest absolute Gasteiger partial charge is 0.367 e. The van der Waals surface area contributed by atoms with Crippen LogP contribution in [0, 0.1) is 5.92 Å². The fourth-order valence-corrected chi connectivity index (χ4v) is 2.29. The van der Waals surface area contributed by atoms with E-state index in [-0.39, 0.29) is 6.10 Å². The van der Waals surface area contributed by atoms with E-state index in [4.69, 9.17) is 4.74 Å². The molecule has 1 aliphatic heterocycles.